The number of Topliss-reactive ketones (excluding diaryl/α,β-unsaturated/α-hetero) is 1. The molecule has 1 unspecified atom stereocenters. The average molecular weight is 449 g/mol. The van der Waals surface area contributed by atoms with Crippen molar-refractivity contribution in [1.82, 2.24) is 4.90 Å². The van der Waals surface area contributed by atoms with Gasteiger partial charge in [-0.15, -0.1) is 0 Å². The molecule has 0 spiro atoms. The number of rotatable bonds is 7. The molecule has 0 fully saturated rings. The summed E-state index contributed by atoms with van der Waals surface area (Å²) in [5.74, 6) is 5.28. The van der Waals surface area contributed by atoms with Gasteiger partial charge in [0.1, 0.15) is 6.10 Å². The molecular weight excluding hydrogens is 416 g/mol. The zero-order valence-electron chi connectivity index (χ0n) is 19.1. The largest absolute Gasteiger partial charge is 0.406 e. The second kappa shape index (κ2) is 10.1. The van der Waals surface area contributed by atoms with Crippen molar-refractivity contribution in [2.24, 2.45) is 5.41 Å². The number of hydrogen-bond acceptors (Lipinski definition) is 4. The molecule has 1 aromatic rings. The van der Waals surface area contributed by atoms with Crippen LogP contribution in [0, 0.1) is 17.3 Å². The van der Waals surface area contributed by atoms with Crippen molar-refractivity contribution < 1.29 is 14.0 Å². The highest BCUT2D eigenvalue weighted by atomic mass is 35.5. The van der Waals surface area contributed by atoms with Gasteiger partial charge in [0.05, 0.1) is 11.3 Å². The molecule has 1 heterocycles. The summed E-state index contributed by atoms with van der Waals surface area (Å²) in [6.45, 7) is 17.5. The van der Waals surface area contributed by atoms with E-state index in [1.165, 1.54) is 4.90 Å². The Balaban J connectivity index is 2.44. The maximum atomic E-state index is 12.8. The highest BCUT2D eigenvalue weighted by Gasteiger charge is 2.38. The van der Waals surface area contributed by atoms with E-state index in [0.717, 1.165) is 13.1 Å². The average Bonchev–Trinajstić information content (AvgIpc) is 2.89. The number of anilines is 1. The number of halogens is 1. The van der Waals surface area contributed by atoms with E-state index in [9.17, 15) is 9.59 Å². The van der Waals surface area contributed by atoms with E-state index in [0.29, 0.717) is 34.9 Å². The van der Waals surface area contributed by atoms with E-state index in [-0.39, 0.29) is 11.5 Å². The number of hydrogen-bond donors (Lipinski definition) is 0. The number of likely N-dealkylation sites (N-methyl/N-ethyl adjacent to an activating group) is 1. The molecule has 0 saturated carbocycles. The summed E-state index contributed by atoms with van der Waals surface area (Å²) in [6, 6.07) is 3.35. The Labute approximate surface area is 187 Å². The van der Waals surface area contributed by atoms with Gasteiger partial charge in [0.15, 0.2) is 9.04 Å². The molecule has 0 aliphatic carbocycles. The fourth-order valence-electron chi connectivity index (χ4n) is 3.35. The van der Waals surface area contributed by atoms with Gasteiger partial charge in [-0.2, -0.15) is 0 Å². The van der Waals surface area contributed by atoms with Crippen LogP contribution in [0.25, 0.3) is 0 Å². The van der Waals surface area contributed by atoms with Crippen LogP contribution in [-0.4, -0.2) is 57.9 Å². The number of fused-ring (bicyclic) bond motifs is 1. The van der Waals surface area contributed by atoms with Gasteiger partial charge in [0.25, 0.3) is 11.7 Å². The van der Waals surface area contributed by atoms with Crippen LogP contribution in [0.4, 0.5) is 5.69 Å². The second-order valence-corrected chi connectivity index (χ2v) is 11.7. The van der Waals surface area contributed by atoms with Gasteiger partial charge in [-0.25, -0.2) is 0 Å². The topological polar surface area (TPSA) is 49.9 Å². The smallest absolute Gasteiger partial charge is 0.299 e. The number of ketones is 1. The fraction of sp³-hybridized carbons (Fsp3) is 0.565. The minimum absolute atomic E-state index is 0.165. The molecule has 0 aromatic heterocycles. The van der Waals surface area contributed by atoms with Crippen LogP contribution in [-0.2, 0) is 9.22 Å². The SMILES string of the molecule is CCN(CC)CCN1C(=O)C(=O)c2c(C#CC(O[SiH](C)C)C(C)(C)C)cc(Cl)cc21. The van der Waals surface area contributed by atoms with Crippen LogP contribution in [0.3, 0.4) is 0 Å². The van der Waals surface area contributed by atoms with Gasteiger partial charge in [-0.05, 0) is 43.7 Å². The van der Waals surface area contributed by atoms with Crippen LogP contribution >= 0.6 is 11.6 Å². The molecule has 0 bridgehead atoms. The summed E-state index contributed by atoms with van der Waals surface area (Å²) in [4.78, 5) is 29.3. The Hall–Kier alpha value is -1.65. The Kier molecular flexibility index (Phi) is 8.29. The standard InChI is InChI=1S/C23H33ClN2O3Si/c1-8-25(9-2)12-13-26-18-15-17(24)14-16(20(18)21(27)22(26)28)10-11-19(23(3,4)5)29-30(6)7/h14-15,19,30H,8-9,12-13H2,1-7H3. The van der Waals surface area contributed by atoms with Crippen LogP contribution in [0.5, 0.6) is 0 Å². The van der Waals surface area contributed by atoms with E-state index in [2.05, 4.69) is 64.5 Å². The van der Waals surface area contributed by atoms with Crippen molar-refractivity contribution in [1.29, 1.82) is 0 Å². The van der Waals surface area contributed by atoms with Crippen molar-refractivity contribution in [2.45, 2.75) is 53.8 Å². The monoisotopic (exact) mass is 448 g/mol. The van der Waals surface area contributed by atoms with Gasteiger partial charge in [0.2, 0.25) is 0 Å². The zero-order valence-corrected chi connectivity index (χ0v) is 21.0. The quantitative estimate of drug-likeness (QED) is 0.359. The lowest BCUT2D eigenvalue weighted by Gasteiger charge is -2.28. The molecule has 1 amide bonds. The Bertz CT molecular complexity index is 864. The highest BCUT2D eigenvalue weighted by molar-refractivity contribution is 6.53. The maximum Gasteiger partial charge on any atom is 0.299 e. The fourth-order valence-corrected chi connectivity index (χ4v) is 4.59. The first-order chi connectivity index (χ1) is 14.0. The predicted octanol–water partition coefficient (Wildman–Crippen LogP) is 3.98. The van der Waals surface area contributed by atoms with Crippen LogP contribution < -0.4 is 4.90 Å². The van der Waals surface area contributed by atoms with E-state index in [1.54, 1.807) is 12.1 Å². The molecule has 1 aromatic carbocycles. The van der Waals surface area contributed by atoms with Gasteiger partial charge in [-0.1, -0.05) is 58.1 Å². The number of nitrogens with zero attached hydrogens (tertiary/aromatic N) is 2. The minimum atomic E-state index is -1.30. The molecule has 1 aliphatic rings. The number of carbonyl (C=O) groups is 2. The van der Waals surface area contributed by atoms with E-state index in [4.69, 9.17) is 16.0 Å². The third kappa shape index (κ3) is 5.73. The van der Waals surface area contributed by atoms with Crippen LogP contribution in [0.2, 0.25) is 18.1 Å². The first-order valence-corrected chi connectivity index (χ1v) is 13.7. The minimum Gasteiger partial charge on any atom is -0.406 e. The summed E-state index contributed by atoms with van der Waals surface area (Å²) in [5, 5.41) is 0.458. The molecular formula is C23H33ClN2O3Si. The van der Waals surface area contributed by atoms with Gasteiger partial charge >= 0.3 is 0 Å². The zero-order chi connectivity index (χ0) is 22.6. The lowest BCUT2D eigenvalue weighted by atomic mass is 9.89. The van der Waals surface area contributed by atoms with E-state index in [1.807, 2.05) is 0 Å². The van der Waals surface area contributed by atoms with E-state index < -0.39 is 20.7 Å². The van der Waals surface area contributed by atoms with Gasteiger partial charge in [0, 0.05) is 23.7 Å². The normalized spacial score (nSPS) is 14.9. The maximum absolute atomic E-state index is 12.8. The molecule has 1 atom stereocenters. The van der Waals surface area contributed by atoms with Crippen molar-refractivity contribution >= 4 is 38.0 Å². The van der Waals surface area contributed by atoms with Crippen molar-refractivity contribution in [3.05, 3.63) is 28.3 Å². The molecule has 164 valence electrons. The molecule has 30 heavy (non-hydrogen) atoms. The molecule has 0 N–H and O–H groups in total. The predicted molar refractivity (Wildman–Crippen MR) is 126 cm³/mol. The lowest BCUT2D eigenvalue weighted by Crippen LogP contribution is -2.38. The molecule has 2 rings (SSSR count). The van der Waals surface area contributed by atoms with Gasteiger partial charge < -0.3 is 14.2 Å². The first kappa shape index (κ1) is 24.6. The van der Waals surface area contributed by atoms with Crippen molar-refractivity contribution in [3.63, 3.8) is 0 Å². The molecule has 1 aliphatic heterocycles. The summed E-state index contributed by atoms with van der Waals surface area (Å²) < 4.78 is 6.11. The summed E-state index contributed by atoms with van der Waals surface area (Å²) >= 11 is 6.34. The Morgan fingerprint density at radius 3 is 2.37 bits per heavy atom. The molecule has 0 saturated heterocycles. The molecule has 5 nitrogen and oxygen atoms in total. The number of carbonyl (C=O) groups excluding carboxylic acids is 2. The summed E-state index contributed by atoms with van der Waals surface area (Å²) in [7, 11) is -1.30. The lowest BCUT2D eigenvalue weighted by molar-refractivity contribution is -0.114. The Morgan fingerprint density at radius 1 is 1.20 bits per heavy atom. The van der Waals surface area contributed by atoms with Crippen molar-refractivity contribution in [2.75, 3.05) is 31.1 Å². The van der Waals surface area contributed by atoms with E-state index >= 15 is 0 Å². The number of amides is 1. The van der Waals surface area contributed by atoms with Gasteiger partial charge in [-0.3, -0.25) is 9.59 Å². The third-order valence-corrected chi connectivity index (χ3v) is 6.14. The van der Waals surface area contributed by atoms with Crippen molar-refractivity contribution in [3.8, 4) is 11.8 Å². The highest BCUT2D eigenvalue weighted by Crippen LogP contribution is 2.34. The number of benzene rings is 1. The summed E-state index contributed by atoms with van der Waals surface area (Å²) in [6.07, 6.45) is -0.259. The van der Waals surface area contributed by atoms with Crippen LogP contribution in [0.1, 0.15) is 50.5 Å². The van der Waals surface area contributed by atoms with Crippen LogP contribution in [0.15, 0.2) is 12.1 Å². The third-order valence-electron chi connectivity index (χ3n) is 5.11. The first-order valence-electron chi connectivity index (χ1n) is 10.6. The Morgan fingerprint density at radius 2 is 1.83 bits per heavy atom. The summed E-state index contributed by atoms with van der Waals surface area (Å²) in [5.41, 5.74) is 1.23. The molecule has 7 heteroatoms. The molecule has 0 radical (unpaired) electrons. The second-order valence-electron chi connectivity index (χ2n) is 8.86.